The van der Waals surface area contributed by atoms with E-state index in [1.165, 1.54) is 31.5 Å². The summed E-state index contributed by atoms with van der Waals surface area (Å²) in [5.74, 6) is -0.589. The van der Waals surface area contributed by atoms with Gasteiger partial charge in [-0.15, -0.1) is 0 Å². The van der Waals surface area contributed by atoms with E-state index in [0.717, 1.165) is 0 Å². The third kappa shape index (κ3) is 3.06. The van der Waals surface area contributed by atoms with Gasteiger partial charge < -0.3 is 9.47 Å². The third-order valence-corrected chi connectivity index (χ3v) is 3.16. The number of methoxy groups -OCH3 is 1. The number of ether oxygens (including phenoxy) is 2. The molecular weight excluding hydrogens is 295 g/mol. The molecule has 0 bridgehead atoms. The van der Waals surface area contributed by atoms with Gasteiger partial charge in [0, 0.05) is 11.8 Å². The van der Waals surface area contributed by atoms with Gasteiger partial charge in [0.1, 0.15) is 5.75 Å². The van der Waals surface area contributed by atoms with E-state index in [0.29, 0.717) is 17.5 Å². The van der Waals surface area contributed by atoms with E-state index in [9.17, 15) is 4.39 Å². The average Bonchev–Trinajstić information content (AvgIpc) is 2.50. The van der Waals surface area contributed by atoms with Gasteiger partial charge in [-0.3, -0.25) is 0 Å². The lowest BCUT2D eigenvalue weighted by molar-refractivity contribution is 0.356. The van der Waals surface area contributed by atoms with Crippen molar-refractivity contribution in [2.45, 2.75) is 13.3 Å². The summed E-state index contributed by atoms with van der Waals surface area (Å²) in [5.41, 5.74) is 1.04. The topological polar surface area (TPSA) is 55.1 Å². The molecule has 0 fully saturated rings. The summed E-state index contributed by atoms with van der Waals surface area (Å²) >= 11 is 5.99. The lowest BCUT2D eigenvalue weighted by Crippen LogP contribution is -2.00. The summed E-state index contributed by atoms with van der Waals surface area (Å²) in [7, 11) is 1.38. The van der Waals surface area contributed by atoms with E-state index in [1.807, 2.05) is 13.0 Å². The van der Waals surface area contributed by atoms with Crippen LogP contribution >= 0.6 is 11.6 Å². The van der Waals surface area contributed by atoms with E-state index >= 15 is 0 Å². The van der Waals surface area contributed by atoms with Crippen molar-refractivity contribution in [3.63, 3.8) is 0 Å². The maximum atomic E-state index is 14.3. The van der Waals surface area contributed by atoms with Crippen molar-refractivity contribution in [1.82, 2.24) is 4.98 Å². The van der Waals surface area contributed by atoms with Gasteiger partial charge in [-0.05, 0) is 24.6 Å². The van der Waals surface area contributed by atoms with E-state index in [1.54, 1.807) is 0 Å². The first-order valence-corrected chi connectivity index (χ1v) is 6.57. The van der Waals surface area contributed by atoms with Crippen LogP contribution in [0, 0.1) is 17.1 Å². The average molecular weight is 307 g/mol. The zero-order valence-electron chi connectivity index (χ0n) is 11.5. The van der Waals surface area contributed by atoms with Crippen LogP contribution in [0.2, 0.25) is 5.02 Å². The van der Waals surface area contributed by atoms with Crippen molar-refractivity contribution in [2.24, 2.45) is 0 Å². The first-order valence-electron chi connectivity index (χ1n) is 6.19. The van der Waals surface area contributed by atoms with E-state index in [2.05, 4.69) is 4.98 Å². The quantitative estimate of drug-likeness (QED) is 0.853. The molecule has 0 N–H and O–H groups in total. The number of aromatic nitrogens is 1. The predicted octanol–water partition coefficient (Wildman–Crippen LogP) is 4.11. The fraction of sp³-hybridized carbons (Fsp3) is 0.200. The van der Waals surface area contributed by atoms with Crippen LogP contribution < -0.4 is 9.47 Å². The van der Waals surface area contributed by atoms with Crippen LogP contribution in [0.15, 0.2) is 24.4 Å². The number of nitrogens with zero attached hydrogens (tertiary/aromatic N) is 2. The highest BCUT2D eigenvalue weighted by Gasteiger charge is 2.17. The van der Waals surface area contributed by atoms with Crippen LogP contribution in [-0.4, -0.2) is 12.1 Å². The Labute approximate surface area is 126 Å². The molecule has 0 amide bonds. The van der Waals surface area contributed by atoms with Crippen molar-refractivity contribution in [3.05, 3.63) is 46.4 Å². The zero-order valence-corrected chi connectivity index (χ0v) is 12.2. The molecule has 0 saturated heterocycles. The molecule has 1 aromatic carbocycles. The molecular formula is C15H12ClFN2O2. The summed E-state index contributed by atoms with van der Waals surface area (Å²) in [5, 5.41) is 8.98. The molecule has 0 radical (unpaired) electrons. The lowest BCUT2D eigenvalue weighted by Gasteiger charge is -2.12. The predicted molar refractivity (Wildman–Crippen MR) is 76.4 cm³/mol. The molecule has 0 spiro atoms. The maximum Gasteiger partial charge on any atom is 0.259 e. The molecule has 2 aromatic rings. The maximum absolute atomic E-state index is 14.3. The normalized spacial score (nSPS) is 10.0. The summed E-state index contributed by atoms with van der Waals surface area (Å²) in [4.78, 5) is 3.94. The van der Waals surface area contributed by atoms with Gasteiger partial charge in [0.15, 0.2) is 5.75 Å². The van der Waals surface area contributed by atoms with Gasteiger partial charge >= 0.3 is 0 Å². The molecule has 1 heterocycles. The molecule has 4 nitrogen and oxygen atoms in total. The molecule has 21 heavy (non-hydrogen) atoms. The standard InChI is InChI=1S/C15H12ClFN2O2/c1-3-10-8-19-15(13(17)14(10)20-2)21-12-5-4-9(7-18)6-11(12)16/h4-6,8H,3H2,1-2H3. The Morgan fingerprint density at radius 2 is 2.19 bits per heavy atom. The highest BCUT2D eigenvalue weighted by atomic mass is 35.5. The Kier molecular flexibility index (Phi) is 4.61. The monoisotopic (exact) mass is 306 g/mol. The number of hydrogen-bond acceptors (Lipinski definition) is 4. The van der Waals surface area contributed by atoms with E-state index < -0.39 is 5.82 Å². The highest BCUT2D eigenvalue weighted by Crippen LogP contribution is 2.34. The molecule has 108 valence electrons. The smallest absolute Gasteiger partial charge is 0.259 e. The van der Waals surface area contributed by atoms with Crippen LogP contribution in [0.5, 0.6) is 17.4 Å². The fourth-order valence-electron chi connectivity index (χ4n) is 1.79. The van der Waals surface area contributed by atoms with Crippen molar-refractivity contribution in [2.75, 3.05) is 7.11 Å². The summed E-state index contributed by atoms with van der Waals surface area (Å²) < 4.78 is 24.7. The first-order chi connectivity index (χ1) is 10.1. The highest BCUT2D eigenvalue weighted by molar-refractivity contribution is 6.32. The van der Waals surface area contributed by atoms with Crippen LogP contribution in [0.25, 0.3) is 0 Å². The summed E-state index contributed by atoms with van der Waals surface area (Å²) in [6.45, 7) is 1.87. The Bertz CT molecular complexity index is 714. The van der Waals surface area contributed by atoms with Gasteiger partial charge in [-0.25, -0.2) is 4.98 Å². The molecule has 0 aliphatic rings. The molecule has 0 saturated carbocycles. The van der Waals surface area contributed by atoms with Crippen molar-refractivity contribution < 1.29 is 13.9 Å². The van der Waals surface area contributed by atoms with Gasteiger partial charge in [-0.2, -0.15) is 9.65 Å². The molecule has 0 unspecified atom stereocenters. The van der Waals surface area contributed by atoms with Crippen LogP contribution in [0.4, 0.5) is 4.39 Å². The second-order valence-corrected chi connectivity index (χ2v) is 4.56. The number of nitriles is 1. The zero-order chi connectivity index (χ0) is 15.4. The summed E-state index contributed by atoms with van der Waals surface area (Å²) in [6.07, 6.45) is 2.08. The minimum absolute atomic E-state index is 0.104. The fourth-order valence-corrected chi connectivity index (χ4v) is 2.01. The minimum atomic E-state index is -0.683. The second-order valence-electron chi connectivity index (χ2n) is 4.15. The van der Waals surface area contributed by atoms with Crippen LogP contribution in [-0.2, 0) is 6.42 Å². The van der Waals surface area contributed by atoms with Crippen molar-refractivity contribution in [3.8, 4) is 23.4 Å². The van der Waals surface area contributed by atoms with Gasteiger partial charge in [0.05, 0.1) is 23.8 Å². The number of pyridine rings is 1. The molecule has 0 atom stereocenters. The Morgan fingerprint density at radius 1 is 1.43 bits per heavy atom. The molecule has 1 aromatic heterocycles. The number of halogens is 2. The number of benzene rings is 1. The van der Waals surface area contributed by atoms with Gasteiger partial charge in [0.2, 0.25) is 5.82 Å². The van der Waals surface area contributed by atoms with Crippen molar-refractivity contribution in [1.29, 1.82) is 5.26 Å². The van der Waals surface area contributed by atoms with Gasteiger partial charge in [0.25, 0.3) is 5.88 Å². The Balaban J connectivity index is 2.39. The van der Waals surface area contributed by atoms with E-state index in [4.69, 9.17) is 26.3 Å². The van der Waals surface area contributed by atoms with E-state index in [-0.39, 0.29) is 22.4 Å². The van der Waals surface area contributed by atoms with Crippen LogP contribution in [0.1, 0.15) is 18.1 Å². The number of rotatable bonds is 4. The molecule has 0 aliphatic heterocycles. The third-order valence-electron chi connectivity index (χ3n) is 2.87. The number of aryl methyl sites for hydroxylation is 1. The van der Waals surface area contributed by atoms with Gasteiger partial charge in [-0.1, -0.05) is 18.5 Å². The summed E-state index contributed by atoms with van der Waals surface area (Å²) in [6, 6.07) is 6.40. The molecule has 0 aliphatic carbocycles. The molecule has 2 rings (SSSR count). The minimum Gasteiger partial charge on any atom is -0.493 e. The van der Waals surface area contributed by atoms with Crippen molar-refractivity contribution >= 4 is 11.6 Å². The lowest BCUT2D eigenvalue weighted by atomic mass is 10.2. The molecule has 6 heteroatoms. The van der Waals surface area contributed by atoms with Crippen LogP contribution in [0.3, 0.4) is 0 Å². The first kappa shape index (κ1) is 15.1. The second kappa shape index (κ2) is 6.42. The Morgan fingerprint density at radius 3 is 2.76 bits per heavy atom. The SMILES string of the molecule is CCc1cnc(Oc2ccc(C#N)cc2Cl)c(F)c1OC. The largest absolute Gasteiger partial charge is 0.493 e. The Hall–Kier alpha value is -2.32. The number of hydrogen-bond donors (Lipinski definition) is 0.